The lowest BCUT2D eigenvalue weighted by molar-refractivity contribution is 0.0972. The predicted molar refractivity (Wildman–Crippen MR) is 94.0 cm³/mol. The molecule has 0 aliphatic heterocycles. The summed E-state index contributed by atoms with van der Waals surface area (Å²) in [4.78, 5) is 15.0. The molecule has 0 saturated heterocycles. The molecule has 2 aromatic heterocycles. The molecule has 0 fully saturated rings. The normalized spacial score (nSPS) is 10.8. The number of nitrogens with zero attached hydrogens (tertiary/aromatic N) is 1. The monoisotopic (exact) mass is 420 g/mol. The molecule has 0 spiro atoms. The van der Waals surface area contributed by atoms with E-state index >= 15 is 0 Å². The van der Waals surface area contributed by atoms with Crippen molar-refractivity contribution in [1.82, 2.24) is 10.6 Å². The predicted octanol–water partition coefficient (Wildman–Crippen LogP) is 1.92. The van der Waals surface area contributed by atoms with Crippen LogP contribution in [-0.4, -0.2) is 18.9 Å². The highest BCUT2D eigenvalue weighted by molar-refractivity contribution is 14.0. The van der Waals surface area contributed by atoms with Crippen molar-refractivity contribution in [2.24, 2.45) is 10.7 Å². The molecule has 2 rings (SSSR count). The van der Waals surface area contributed by atoms with Crippen molar-refractivity contribution in [2.45, 2.75) is 13.1 Å². The number of halogens is 1. The Kier molecular flexibility index (Phi) is 7.23. The molecule has 0 unspecified atom stereocenters. The van der Waals surface area contributed by atoms with Crippen LogP contribution in [-0.2, 0) is 13.1 Å². The maximum atomic E-state index is 10.9. The highest BCUT2D eigenvalue weighted by Gasteiger charge is 2.07. The second-order valence-electron chi connectivity index (χ2n) is 4.04. The van der Waals surface area contributed by atoms with Gasteiger partial charge >= 0.3 is 0 Å². The Hall–Kier alpha value is -1.55. The zero-order valence-corrected chi connectivity index (χ0v) is 14.6. The van der Waals surface area contributed by atoms with Crippen LogP contribution >= 0.6 is 35.3 Å². The third-order valence-electron chi connectivity index (χ3n) is 2.60. The number of thiophene rings is 1. The number of rotatable bonds is 5. The molecular formula is C13H17IN4O2S. The molecule has 2 heterocycles. The molecule has 0 saturated carbocycles. The van der Waals surface area contributed by atoms with Crippen molar-refractivity contribution in [3.05, 3.63) is 46.0 Å². The van der Waals surface area contributed by atoms with E-state index in [-0.39, 0.29) is 29.7 Å². The van der Waals surface area contributed by atoms with Gasteiger partial charge in [-0.05, 0) is 34.5 Å². The number of carbonyl (C=O) groups is 1. The number of nitrogens with two attached hydrogens (primary N) is 1. The molecule has 2 aromatic rings. The van der Waals surface area contributed by atoms with Gasteiger partial charge < -0.3 is 20.8 Å². The SMILES string of the molecule is CN=C(NCc1ccsc1)NCc1ccc(C(N)=O)o1.I. The Balaban J connectivity index is 0.00000220. The van der Waals surface area contributed by atoms with Crippen molar-refractivity contribution < 1.29 is 9.21 Å². The lowest BCUT2D eigenvalue weighted by atomic mass is 10.3. The summed E-state index contributed by atoms with van der Waals surface area (Å²) < 4.78 is 5.27. The summed E-state index contributed by atoms with van der Waals surface area (Å²) >= 11 is 1.66. The Labute approximate surface area is 143 Å². The average Bonchev–Trinajstić information content (AvgIpc) is 3.10. The number of furan rings is 1. The average molecular weight is 420 g/mol. The van der Waals surface area contributed by atoms with Crippen LogP contribution in [0.15, 0.2) is 38.4 Å². The third-order valence-corrected chi connectivity index (χ3v) is 3.33. The largest absolute Gasteiger partial charge is 0.454 e. The van der Waals surface area contributed by atoms with Gasteiger partial charge in [0.2, 0.25) is 0 Å². The molecule has 0 atom stereocenters. The Morgan fingerprint density at radius 2 is 2.10 bits per heavy atom. The fourth-order valence-corrected chi connectivity index (χ4v) is 2.24. The van der Waals surface area contributed by atoms with E-state index in [4.69, 9.17) is 10.2 Å². The molecule has 0 aliphatic carbocycles. The number of primary amides is 1. The molecule has 0 aromatic carbocycles. The van der Waals surface area contributed by atoms with E-state index in [2.05, 4.69) is 27.1 Å². The summed E-state index contributed by atoms with van der Waals surface area (Å²) in [5.41, 5.74) is 6.32. The number of amides is 1. The Bertz CT molecular complexity index is 595. The lowest BCUT2D eigenvalue weighted by Crippen LogP contribution is -2.36. The van der Waals surface area contributed by atoms with Gasteiger partial charge in [0.1, 0.15) is 5.76 Å². The highest BCUT2D eigenvalue weighted by Crippen LogP contribution is 2.07. The summed E-state index contributed by atoms with van der Waals surface area (Å²) in [7, 11) is 1.69. The number of nitrogens with one attached hydrogen (secondary N) is 2. The number of guanidine groups is 1. The molecule has 6 nitrogen and oxygen atoms in total. The zero-order chi connectivity index (χ0) is 14.4. The van der Waals surface area contributed by atoms with Gasteiger partial charge in [0.05, 0.1) is 6.54 Å². The van der Waals surface area contributed by atoms with E-state index in [1.807, 2.05) is 5.38 Å². The standard InChI is InChI=1S/C13H16N4O2S.HI/c1-15-13(16-6-9-4-5-20-8-9)17-7-10-2-3-11(19-10)12(14)18;/h2-5,8H,6-7H2,1H3,(H2,14,18)(H2,15,16,17);1H. The van der Waals surface area contributed by atoms with Crippen molar-refractivity contribution in [1.29, 1.82) is 0 Å². The molecule has 0 radical (unpaired) electrons. The van der Waals surface area contributed by atoms with Crippen LogP contribution in [0.4, 0.5) is 0 Å². The lowest BCUT2D eigenvalue weighted by Gasteiger charge is -2.10. The highest BCUT2D eigenvalue weighted by atomic mass is 127. The van der Waals surface area contributed by atoms with Crippen molar-refractivity contribution >= 4 is 47.2 Å². The van der Waals surface area contributed by atoms with Gasteiger partial charge in [0.15, 0.2) is 11.7 Å². The summed E-state index contributed by atoms with van der Waals surface area (Å²) in [6.07, 6.45) is 0. The molecular weight excluding hydrogens is 403 g/mol. The van der Waals surface area contributed by atoms with Gasteiger partial charge in [0.25, 0.3) is 5.91 Å². The summed E-state index contributed by atoms with van der Waals surface area (Å²) in [5.74, 6) is 0.866. The third kappa shape index (κ3) is 5.38. The van der Waals surface area contributed by atoms with Crippen molar-refractivity contribution in [3.63, 3.8) is 0 Å². The Morgan fingerprint density at radius 3 is 2.67 bits per heavy atom. The summed E-state index contributed by atoms with van der Waals surface area (Å²) in [5, 5.41) is 10.4. The number of carbonyl (C=O) groups excluding carboxylic acids is 1. The maximum absolute atomic E-state index is 10.9. The first-order chi connectivity index (χ1) is 9.69. The van der Waals surface area contributed by atoms with E-state index in [9.17, 15) is 4.79 Å². The van der Waals surface area contributed by atoms with E-state index in [0.717, 1.165) is 0 Å². The van der Waals surface area contributed by atoms with E-state index in [0.29, 0.717) is 24.8 Å². The zero-order valence-electron chi connectivity index (χ0n) is 11.5. The summed E-state index contributed by atoms with van der Waals surface area (Å²) in [6.45, 7) is 1.13. The minimum atomic E-state index is -0.573. The van der Waals surface area contributed by atoms with Crippen LogP contribution in [0.1, 0.15) is 21.9 Å². The van der Waals surface area contributed by atoms with Crippen molar-refractivity contribution in [2.75, 3.05) is 7.05 Å². The smallest absolute Gasteiger partial charge is 0.284 e. The first kappa shape index (κ1) is 17.5. The Morgan fingerprint density at radius 1 is 1.33 bits per heavy atom. The summed E-state index contributed by atoms with van der Waals surface area (Å²) in [6, 6.07) is 5.32. The minimum Gasteiger partial charge on any atom is -0.454 e. The number of hydrogen-bond donors (Lipinski definition) is 3. The fourth-order valence-electron chi connectivity index (χ4n) is 1.58. The molecule has 0 aliphatic rings. The molecule has 21 heavy (non-hydrogen) atoms. The van der Waals surface area contributed by atoms with Gasteiger partial charge in [-0.3, -0.25) is 9.79 Å². The van der Waals surface area contributed by atoms with Gasteiger partial charge in [0, 0.05) is 13.6 Å². The van der Waals surface area contributed by atoms with Crippen LogP contribution in [0.5, 0.6) is 0 Å². The van der Waals surface area contributed by atoms with Gasteiger partial charge in [-0.15, -0.1) is 24.0 Å². The van der Waals surface area contributed by atoms with Crippen LogP contribution < -0.4 is 16.4 Å². The molecule has 4 N–H and O–H groups in total. The van der Waals surface area contributed by atoms with Gasteiger partial charge in [-0.2, -0.15) is 11.3 Å². The van der Waals surface area contributed by atoms with E-state index < -0.39 is 5.91 Å². The topological polar surface area (TPSA) is 92.6 Å². The molecule has 0 bridgehead atoms. The number of hydrogen-bond acceptors (Lipinski definition) is 4. The van der Waals surface area contributed by atoms with Gasteiger partial charge in [-0.1, -0.05) is 0 Å². The second kappa shape index (κ2) is 8.67. The van der Waals surface area contributed by atoms with E-state index in [1.165, 1.54) is 5.56 Å². The van der Waals surface area contributed by atoms with Crippen LogP contribution in [0.25, 0.3) is 0 Å². The van der Waals surface area contributed by atoms with Crippen LogP contribution in [0, 0.1) is 0 Å². The molecule has 114 valence electrons. The first-order valence-corrected chi connectivity index (χ1v) is 6.97. The first-order valence-electron chi connectivity index (χ1n) is 6.03. The van der Waals surface area contributed by atoms with Crippen molar-refractivity contribution in [3.8, 4) is 0 Å². The van der Waals surface area contributed by atoms with Gasteiger partial charge in [-0.25, -0.2) is 0 Å². The second-order valence-corrected chi connectivity index (χ2v) is 4.82. The van der Waals surface area contributed by atoms with Crippen LogP contribution in [0.3, 0.4) is 0 Å². The quantitative estimate of drug-likeness (QED) is 0.392. The fraction of sp³-hybridized carbons (Fsp3) is 0.231. The molecule has 8 heteroatoms. The number of aliphatic imine (C=N–C) groups is 1. The maximum Gasteiger partial charge on any atom is 0.284 e. The molecule has 1 amide bonds. The minimum absolute atomic E-state index is 0. The van der Waals surface area contributed by atoms with Crippen LogP contribution in [0.2, 0.25) is 0 Å². The van der Waals surface area contributed by atoms with E-state index in [1.54, 1.807) is 30.5 Å².